The van der Waals surface area contributed by atoms with Gasteiger partial charge in [0.25, 0.3) is 0 Å². The Morgan fingerprint density at radius 3 is 2.34 bits per heavy atom. The lowest BCUT2D eigenvalue weighted by Crippen LogP contribution is -2.57. The van der Waals surface area contributed by atoms with Crippen LogP contribution in [0.4, 0.5) is 0 Å². The number of allylic oxidation sites excluding steroid dienone is 1. The lowest BCUT2D eigenvalue weighted by Gasteiger charge is -2.65. The van der Waals surface area contributed by atoms with Crippen LogP contribution in [-0.4, -0.2) is 35.4 Å². The van der Waals surface area contributed by atoms with Gasteiger partial charge >= 0.3 is 0 Å². The highest BCUT2D eigenvalue weighted by molar-refractivity contribution is 5.62. The average Bonchev–Trinajstić information content (AvgIpc) is 2.88. The zero-order chi connectivity index (χ0) is 28.3. The Morgan fingerprint density at radius 1 is 1.08 bits per heavy atom. The molecule has 3 saturated carbocycles. The first kappa shape index (κ1) is 28.9. The molecule has 7 atom stereocenters. The molecule has 4 aliphatic rings. The third kappa shape index (κ3) is 4.17. The van der Waals surface area contributed by atoms with Gasteiger partial charge in [0.2, 0.25) is 6.54 Å². The molecular weight excluding hydrogens is 478 g/mol. The maximum absolute atomic E-state index is 11.8. The SMILES string of the molecule is CC.COc1cc2c(c(C)c1O)C(C[N+](=O)[O-])C=C1C2(C)CCC2C3C[C@](C)(CO)CCC3(C)CCC12C. The summed E-state index contributed by atoms with van der Waals surface area (Å²) < 4.78 is 5.56. The number of aromatic hydroxyl groups is 1. The van der Waals surface area contributed by atoms with E-state index in [-0.39, 0.29) is 46.0 Å². The number of ether oxygens (including phenoxy) is 1. The summed E-state index contributed by atoms with van der Waals surface area (Å²) in [5, 5.41) is 32.8. The third-order valence-corrected chi connectivity index (χ3v) is 11.4. The predicted molar refractivity (Wildman–Crippen MR) is 151 cm³/mol. The summed E-state index contributed by atoms with van der Waals surface area (Å²) in [5.74, 6) is 1.21. The number of hydrogen-bond donors (Lipinski definition) is 2. The van der Waals surface area contributed by atoms with Gasteiger partial charge in [-0.3, -0.25) is 10.1 Å². The Bertz CT molecular complexity index is 1130. The molecule has 2 N–H and O–H groups in total. The van der Waals surface area contributed by atoms with Crippen LogP contribution in [0.2, 0.25) is 0 Å². The molecule has 3 fully saturated rings. The minimum atomic E-state index is -0.368. The van der Waals surface area contributed by atoms with Crippen LogP contribution >= 0.6 is 0 Å². The molecule has 0 amide bonds. The van der Waals surface area contributed by atoms with Gasteiger partial charge in [-0.2, -0.15) is 0 Å². The van der Waals surface area contributed by atoms with Crippen LogP contribution in [0.3, 0.4) is 0 Å². The van der Waals surface area contributed by atoms with Gasteiger partial charge in [0.1, 0.15) is 0 Å². The minimum absolute atomic E-state index is 0.0210. The summed E-state index contributed by atoms with van der Waals surface area (Å²) >= 11 is 0. The predicted octanol–water partition coefficient (Wildman–Crippen LogP) is 7.31. The normalized spacial score (nSPS) is 39.3. The molecule has 0 radical (unpaired) electrons. The molecule has 0 bridgehead atoms. The van der Waals surface area contributed by atoms with Crippen LogP contribution in [0.1, 0.15) is 109 Å². The number of nitrogens with zero attached hydrogens (tertiary/aromatic N) is 1. The number of aliphatic hydroxyl groups is 1. The van der Waals surface area contributed by atoms with E-state index in [0.29, 0.717) is 28.6 Å². The summed E-state index contributed by atoms with van der Waals surface area (Å²) in [7, 11) is 1.57. The number of nitro groups is 1. The van der Waals surface area contributed by atoms with Crippen molar-refractivity contribution in [3.8, 4) is 11.5 Å². The van der Waals surface area contributed by atoms with Gasteiger partial charge in [0.15, 0.2) is 11.5 Å². The minimum Gasteiger partial charge on any atom is -0.504 e. The van der Waals surface area contributed by atoms with Gasteiger partial charge in [0, 0.05) is 16.9 Å². The summed E-state index contributed by atoms with van der Waals surface area (Å²) in [4.78, 5) is 11.6. The Hall–Kier alpha value is -2.08. The van der Waals surface area contributed by atoms with Gasteiger partial charge in [-0.05, 0) is 103 Å². The van der Waals surface area contributed by atoms with E-state index in [2.05, 4.69) is 33.8 Å². The molecule has 0 aromatic heterocycles. The number of rotatable bonds is 4. The van der Waals surface area contributed by atoms with E-state index in [1.807, 2.05) is 26.8 Å². The Morgan fingerprint density at radius 2 is 1.74 bits per heavy atom. The van der Waals surface area contributed by atoms with Crippen molar-refractivity contribution in [1.29, 1.82) is 0 Å². The second-order valence-electron chi connectivity index (χ2n) is 13.5. The van der Waals surface area contributed by atoms with Crippen LogP contribution in [0.25, 0.3) is 0 Å². The van der Waals surface area contributed by atoms with Crippen molar-refractivity contribution >= 4 is 0 Å². The van der Waals surface area contributed by atoms with Crippen molar-refractivity contribution in [3.63, 3.8) is 0 Å². The smallest absolute Gasteiger partial charge is 0.214 e. The zero-order valence-electron chi connectivity index (χ0n) is 24.8. The lowest BCUT2D eigenvalue weighted by molar-refractivity contribution is -0.481. The highest BCUT2D eigenvalue weighted by Gasteiger charge is 2.61. The highest BCUT2D eigenvalue weighted by atomic mass is 16.6. The van der Waals surface area contributed by atoms with Gasteiger partial charge in [0.05, 0.1) is 13.0 Å². The molecule has 6 nitrogen and oxygen atoms in total. The standard InChI is InChI=1S/C30H43NO5.C2H6/c1-18-25-19(16-31(34)35)13-24-29(4,21(25)14-23(36-6)26(18)33)8-7-20-22-15-27(2,17-32)9-10-28(22,3)11-12-30(20,24)5;1-2/h13-14,19-20,22,32-33H,7-12,15-17H2,1-6H3;1-2H3/t19?,20?,22?,27-,28?,29?,30?;/m1./s1. The van der Waals surface area contributed by atoms with E-state index in [4.69, 9.17) is 4.74 Å². The Kier molecular flexibility index (Phi) is 7.48. The van der Waals surface area contributed by atoms with Gasteiger partial charge in [-0.1, -0.05) is 53.2 Å². The van der Waals surface area contributed by atoms with Crippen molar-refractivity contribution in [2.24, 2.45) is 28.1 Å². The molecule has 0 heterocycles. The van der Waals surface area contributed by atoms with Gasteiger partial charge < -0.3 is 14.9 Å². The van der Waals surface area contributed by atoms with Crippen molar-refractivity contribution in [1.82, 2.24) is 0 Å². The number of phenolic OH excluding ortho intramolecular Hbond substituents is 1. The third-order valence-electron chi connectivity index (χ3n) is 11.4. The van der Waals surface area contributed by atoms with Gasteiger partial charge in [-0.15, -0.1) is 0 Å². The average molecular weight is 528 g/mol. The molecule has 0 aliphatic heterocycles. The zero-order valence-corrected chi connectivity index (χ0v) is 24.8. The molecule has 6 unspecified atom stereocenters. The first-order valence-electron chi connectivity index (χ1n) is 14.7. The molecule has 1 aromatic carbocycles. The van der Waals surface area contributed by atoms with Crippen LogP contribution in [0.15, 0.2) is 17.7 Å². The molecule has 5 rings (SSSR count). The molecule has 1 aromatic rings. The molecule has 6 heteroatoms. The maximum atomic E-state index is 11.8. The number of benzene rings is 1. The number of hydrogen-bond acceptors (Lipinski definition) is 5. The van der Waals surface area contributed by atoms with E-state index in [1.165, 1.54) is 12.0 Å². The molecule has 0 saturated heterocycles. The van der Waals surface area contributed by atoms with Crippen LogP contribution in [0.5, 0.6) is 11.5 Å². The van der Waals surface area contributed by atoms with E-state index >= 15 is 0 Å². The summed E-state index contributed by atoms with van der Waals surface area (Å²) in [5.41, 5.74) is 4.04. The number of fused-ring (bicyclic) bond motifs is 7. The van der Waals surface area contributed by atoms with Crippen LogP contribution < -0.4 is 4.74 Å². The number of aliphatic hydroxyl groups excluding tert-OH is 1. The van der Waals surface area contributed by atoms with Crippen molar-refractivity contribution in [2.75, 3.05) is 20.3 Å². The molecule has 38 heavy (non-hydrogen) atoms. The summed E-state index contributed by atoms with van der Waals surface area (Å²) in [6.45, 7) is 15.4. The molecule has 4 aliphatic carbocycles. The maximum Gasteiger partial charge on any atom is 0.214 e. The largest absolute Gasteiger partial charge is 0.504 e. The van der Waals surface area contributed by atoms with E-state index in [1.54, 1.807) is 7.11 Å². The van der Waals surface area contributed by atoms with Crippen molar-refractivity contribution < 1.29 is 19.9 Å². The monoisotopic (exact) mass is 527 g/mol. The van der Waals surface area contributed by atoms with E-state index in [9.17, 15) is 20.3 Å². The molecule has 0 spiro atoms. The van der Waals surface area contributed by atoms with Crippen LogP contribution in [0, 0.1) is 45.1 Å². The lowest BCUT2D eigenvalue weighted by atomic mass is 9.39. The first-order chi connectivity index (χ1) is 17.8. The second kappa shape index (κ2) is 9.83. The van der Waals surface area contributed by atoms with Crippen LogP contribution in [-0.2, 0) is 5.41 Å². The van der Waals surface area contributed by atoms with Crippen molar-refractivity contribution in [2.45, 2.75) is 105 Å². The highest BCUT2D eigenvalue weighted by Crippen LogP contribution is 2.70. The second-order valence-corrected chi connectivity index (χ2v) is 13.5. The van der Waals surface area contributed by atoms with E-state index in [0.717, 1.165) is 49.7 Å². The first-order valence-corrected chi connectivity index (χ1v) is 14.7. The Labute approximate surface area is 229 Å². The fourth-order valence-corrected chi connectivity index (χ4v) is 9.10. The number of methoxy groups -OCH3 is 1. The fourth-order valence-electron chi connectivity index (χ4n) is 9.10. The molecular formula is C32H49NO5. The number of phenols is 1. The summed E-state index contributed by atoms with van der Waals surface area (Å²) in [6, 6.07) is 1.96. The topological polar surface area (TPSA) is 92.8 Å². The molecule has 212 valence electrons. The Balaban J connectivity index is 0.00000164. The van der Waals surface area contributed by atoms with Gasteiger partial charge in [-0.25, -0.2) is 0 Å². The fraction of sp³-hybridized carbons (Fsp3) is 0.750. The van der Waals surface area contributed by atoms with Crippen molar-refractivity contribution in [3.05, 3.63) is 44.5 Å². The summed E-state index contributed by atoms with van der Waals surface area (Å²) in [6.07, 6.45) is 9.87. The van der Waals surface area contributed by atoms with E-state index < -0.39 is 0 Å². The quantitative estimate of drug-likeness (QED) is 0.243.